The Morgan fingerprint density at radius 3 is 2.41 bits per heavy atom. The molecule has 0 bridgehead atoms. The van der Waals surface area contributed by atoms with Gasteiger partial charge in [-0.25, -0.2) is 0 Å². The summed E-state index contributed by atoms with van der Waals surface area (Å²) in [6.07, 6.45) is 6.44. The number of carbonyl (C=O) groups is 1. The first-order chi connectivity index (χ1) is 15.8. The fourth-order valence-corrected chi connectivity index (χ4v) is 3.46. The molecule has 3 aromatic rings. The molecule has 0 spiro atoms. The second-order valence-corrected chi connectivity index (χ2v) is 7.82. The average molecular weight is 432 g/mol. The number of hydrogen-bond acceptors (Lipinski definition) is 3. The number of amides is 1. The highest BCUT2D eigenvalue weighted by molar-refractivity contribution is 6.06. The van der Waals surface area contributed by atoms with Gasteiger partial charge in [0.15, 0.2) is 0 Å². The van der Waals surface area contributed by atoms with E-state index in [1.54, 1.807) is 6.07 Å². The van der Waals surface area contributed by atoms with Gasteiger partial charge in [0, 0.05) is 11.8 Å². The Morgan fingerprint density at radius 2 is 1.56 bits per heavy atom. The Kier molecular flexibility index (Phi) is 9.66. The molecule has 0 heterocycles. The number of benzene rings is 3. The van der Waals surface area contributed by atoms with Crippen molar-refractivity contribution in [2.24, 2.45) is 0 Å². The fraction of sp³-hybridized carbons (Fsp3) is 0.321. The lowest BCUT2D eigenvalue weighted by Gasteiger charge is -2.12. The lowest BCUT2D eigenvalue weighted by Crippen LogP contribution is -2.14. The van der Waals surface area contributed by atoms with Gasteiger partial charge in [-0.2, -0.15) is 0 Å². The van der Waals surface area contributed by atoms with Crippen LogP contribution in [0.2, 0.25) is 0 Å². The number of unbranched alkanes of at least 4 members (excludes halogenated alkanes) is 3. The van der Waals surface area contributed by atoms with Gasteiger partial charge >= 0.3 is 0 Å². The summed E-state index contributed by atoms with van der Waals surface area (Å²) in [7, 11) is 0. The maximum atomic E-state index is 12.9. The standard InChI is InChI=1S/C28H33NO3/c1-2-3-4-10-20-32-27-19-9-8-18-26(27)28(30)29-24-16-11-17-25(22-24)31-21-12-15-23-13-6-5-7-14-23/h5-9,11,13-14,16-19,22H,2-4,10,12,15,20-21H2,1H3,(H,29,30). The normalized spacial score (nSPS) is 10.5. The van der Waals surface area contributed by atoms with Gasteiger partial charge in [-0.05, 0) is 49.1 Å². The minimum atomic E-state index is -0.185. The summed E-state index contributed by atoms with van der Waals surface area (Å²) in [6.45, 7) is 3.43. The van der Waals surface area contributed by atoms with E-state index in [0.29, 0.717) is 30.2 Å². The van der Waals surface area contributed by atoms with Gasteiger partial charge in [0.25, 0.3) is 5.91 Å². The van der Waals surface area contributed by atoms with Crippen LogP contribution < -0.4 is 14.8 Å². The first-order valence-corrected chi connectivity index (χ1v) is 11.6. The number of carbonyl (C=O) groups excluding carboxylic acids is 1. The van der Waals surface area contributed by atoms with Gasteiger partial charge in [0.05, 0.1) is 18.8 Å². The van der Waals surface area contributed by atoms with Crippen molar-refractivity contribution < 1.29 is 14.3 Å². The van der Waals surface area contributed by atoms with Crippen molar-refractivity contribution >= 4 is 11.6 Å². The SMILES string of the molecule is CCCCCCOc1ccccc1C(=O)Nc1cccc(OCCCc2ccccc2)c1. The van der Waals surface area contributed by atoms with Gasteiger partial charge < -0.3 is 14.8 Å². The molecule has 0 aliphatic carbocycles. The molecular weight excluding hydrogens is 398 g/mol. The highest BCUT2D eigenvalue weighted by atomic mass is 16.5. The van der Waals surface area contributed by atoms with Crippen molar-refractivity contribution in [2.45, 2.75) is 45.4 Å². The first kappa shape index (κ1) is 23.4. The monoisotopic (exact) mass is 431 g/mol. The highest BCUT2D eigenvalue weighted by Gasteiger charge is 2.12. The van der Waals surface area contributed by atoms with Gasteiger partial charge in [0.1, 0.15) is 11.5 Å². The summed E-state index contributed by atoms with van der Waals surface area (Å²) < 4.78 is 11.8. The molecule has 0 unspecified atom stereocenters. The second-order valence-electron chi connectivity index (χ2n) is 7.82. The molecule has 0 radical (unpaired) electrons. The molecule has 4 nitrogen and oxygen atoms in total. The predicted molar refractivity (Wildman–Crippen MR) is 131 cm³/mol. The average Bonchev–Trinajstić information content (AvgIpc) is 2.83. The Bertz CT molecular complexity index is 956. The van der Waals surface area contributed by atoms with Gasteiger partial charge in [-0.15, -0.1) is 0 Å². The minimum absolute atomic E-state index is 0.185. The summed E-state index contributed by atoms with van der Waals surface area (Å²) in [6, 6.07) is 25.3. The van der Waals surface area contributed by atoms with Crippen LogP contribution in [0.4, 0.5) is 5.69 Å². The van der Waals surface area contributed by atoms with E-state index in [9.17, 15) is 4.79 Å². The Labute approximate surface area is 191 Å². The van der Waals surface area contributed by atoms with Gasteiger partial charge in [0.2, 0.25) is 0 Å². The van der Waals surface area contributed by atoms with E-state index in [4.69, 9.17) is 9.47 Å². The van der Waals surface area contributed by atoms with E-state index in [1.165, 1.54) is 18.4 Å². The second kappa shape index (κ2) is 13.2. The molecule has 3 rings (SSSR count). The van der Waals surface area contributed by atoms with E-state index >= 15 is 0 Å². The Balaban J connectivity index is 1.51. The van der Waals surface area contributed by atoms with Crippen LogP contribution in [0.1, 0.15) is 54.9 Å². The molecule has 168 valence electrons. The number of para-hydroxylation sites is 1. The largest absolute Gasteiger partial charge is 0.494 e. The number of hydrogen-bond donors (Lipinski definition) is 1. The molecular formula is C28H33NO3. The third-order valence-corrected chi connectivity index (χ3v) is 5.20. The molecule has 0 fully saturated rings. The quantitative estimate of drug-likeness (QED) is 0.299. The van der Waals surface area contributed by atoms with E-state index in [0.717, 1.165) is 31.4 Å². The zero-order chi connectivity index (χ0) is 22.4. The lowest BCUT2D eigenvalue weighted by molar-refractivity contribution is 0.102. The molecule has 3 aromatic carbocycles. The first-order valence-electron chi connectivity index (χ1n) is 11.6. The third kappa shape index (κ3) is 7.77. The van der Waals surface area contributed by atoms with Crippen LogP contribution in [0.5, 0.6) is 11.5 Å². The fourth-order valence-electron chi connectivity index (χ4n) is 3.46. The number of rotatable bonds is 13. The third-order valence-electron chi connectivity index (χ3n) is 5.20. The number of aryl methyl sites for hydroxylation is 1. The molecule has 0 saturated heterocycles. The van der Waals surface area contributed by atoms with Crippen molar-refractivity contribution in [2.75, 3.05) is 18.5 Å². The van der Waals surface area contributed by atoms with Crippen LogP contribution in [-0.4, -0.2) is 19.1 Å². The van der Waals surface area contributed by atoms with Crippen molar-refractivity contribution in [3.05, 3.63) is 90.0 Å². The maximum absolute atomic E-state index is 12.9. The molecule has 0 aliphatic rings. The molecule has 0 aromatic heterocycles. The summed E-state index contributed by atoms with van der Waals surface area (Å²) >= 11 is 0. The smallest absolute Gasteiger partial charge is 0.259 e. The van der Waals surface area contributed by atoms with Crippen molar-refractivity contribution in [3.8, 4) is 11.5 Å². The minimum Gasteiger partial charge on any atom is -0.494 e. The van der Waals surface area contributed by atoms with Gasteiger partial charge in [-0.3, -0.25) is 4.79 Å². The summed E-state index contributed by atoms with van der Waals surface area (Å²) in [5, 5.41) is 2.97. The number of anilines is 1. The van der Waals surface area contributed by atoms with Gasteiger partial charge in [-0.1, -0.05) is 74.7 Å². The number of ether oxygens (including phenoxy) is 2. The summed E-state index contributed by atoms with van der Waals surface area (Å²) in [4.78, 5) is 12.9. The molecule has 0 saturated carbocycles. The zero-order valence-electron chi connectivity index (χ0n) is 18.9. The predicted octanol–water partition coefficient (Wildman–Crippen LogP) is 6.91. The molecule has 1 amide bonds. The van der Waals surface area contributed by atoms with Crippen LogP contribution in [0, 0.1) is 0 Å². The van der Waals surface area contributed by atoms with E-state index in [2.05, 4.69) is 36.5 Å². The topological polar surface area (TPSA) is 47.6 Å². The van der Waals surface area contributed by atoms with Crippen LogP contribution in [-0.2, 0) is 6.42 Å². The van der Waals surface area contributed by atoms with Crippen molar-refractivity contribution in [3.63, 3.8) is 0 Å². The Morgan fingerprint density at radius 1 is 0.781 bits per heavy atom. The number of nitrogens with one attached hydrogen (secondary N) is 1. The zero-order valence-corrected chi connectivity index (χ0v) is 18.9. The molecule has 1 N–H and O–H groups in total. The highest BCUT2D eigenvalue weighted by Crippen LogP contribution is 2.22. The Hall–Kier alpha value is -3.27. The molecule has 32 heavy (non-hydrogen) atoms. The van der Waals surface area contributed by atoms with Crippen LogP contribution in [0.15, 0.2) is 78.9 Å². The molecule has 0 atom stereocenters. The summed E-state index contributed by atoms with van der Waals surface area (Å²) in [5.74, 6) is 1.18. The van der Waals surface area contributed by atoms with Crippen LogP contribution >= 0.6 is 0 Å². The van der Waals surface area contributed by atoms with Crippen LogP contribution in [0.3, 0.4) is 0 Å². The molecule has 4 heteroatoms. The van der Waals surface area contributed by atoms with Crippen molar-refractivity contribution in [1.29, 1.82) is 0 Å². The lowest BCUT2D eigenvalue weighted by atomic mass is 10.1. The van der Waals surface area contributed by atoms with E-state index in [1.807, 2.05) is 48.5 Å². The van der Waals surface area contributed by atoms with E-state index < -0.39 is 0 Å². The van der Waals surface area contributed by atoms with Crippen LogP contribution in [0.25, 0.3) is 0 Å². The van der Waals surface area contributed by atoms with E-state index in [-0.39, 0.29) is 5.91 Å². The van der Waals surface area contributed by atoms with Crippen molar-refractivity contribution in [1.82, 2.24) is 0 Å². The summed E-state index contributed by atoms with van der Waals surface area (Å²) in [5.41, 5.74) is 2.55. The molecule has 0 aliphatic heterocycles. The maximum Gasteiger partial charge on any atom is 0.259 e.